The second-order valence-electron chi connectivity index (χ2n) is 3.06. The van der Waals surface area contributed by atoms with Gasteiger partial charge in [-0.25, -0.2) is 4.79 Å². The van der Waals surface area contributed by atoms with Gasteiger partial charge in [-0.2, -0.15) is 0 Å². The summed E-state index contributed by atoms with van der Waals surface area (Å²) in [7, 11) is 0. The standard InChI is InChI=1S/C11H14ClNO2/c1-2-10(13-11(14)15-8-12)9-6-4-3-5-7-9/h3-7,10H,2,8H2,1H3,(H,13,14). The number of hydrogen-bond donors (Lipinski definition) is 1. The van der Waals surface area contributed by atoms with E-state index in [9.17, 15) is 4.79 Å². The summed E-state index contributed by atoms with van der Waals surface area (Å²) in [4.78, 5) is 11.2. The summed E-state index contributed by atoms with van der Waals surface area (Å²) < 4.78 is 4.61. The molecular formula is C11H14ClNO2. The molecule has 1 unspecified atom stereocenters. The highest BCUT2D eigenvalue weighted by molar-refractivity contribution is 6.17. The molecule has 4 heteroatoms. The molecule has 82 valence electrons. The molecule has 0 spiro atoms. The fraction of sp³-hybridized carbons (Fsp3) is 0.364. The van der Waals surface area contributed by atoms with E-state index in [-0.39, 0.29) is 12.1 Å². The maximum Gasteiger partial charge on any atom is 0.408 e. The van der Waals surface area contributed by atoms with Crippen molar-refractivity contribution in [2.45, 2.75) is 19.4 Å². The monoisotopic (exact) mass is 227 g/mol. The van der Waals surface area contributed by atoms with Crippen molar-refractivity contribution in [3.8, 4) is 0 Å². The van der Waals surface area contributed by atoms with Crippen LogP contribution >= 0.6 is 11.6 Å². The van der Waals surface area contributed by atoms with E-state index >= 15 is 0 Å². The van der Waals surface area contributed by atoms with Crippen molar-refractivity contribution in [3.05, 3.63) is 35.9 Å². The second kappa shape index (κ2) is 6.30. The SMILES string of the molecule is CCC(NC(=O)OCCl)c1ccccc1. The van der Waals surface area contributed by atoms with Crippen molar-refractivity contribution in [2.75, 3.05) is 6.07 Å². The molecule has 15 heavy (non-hydrogen) atoms. The maximum atomic E-state index is 11.2. The van der Waals surface area contributed by atoms with Gasteiger partial charge in [-0.15, -0.1) is 0 Å². The first-order chi connectivity index (χ1) is 7.27. The van der Waals surface area contributed by atoms with E-state index in [1.54, 1.807) is 0 Å². The quantitative estimate of drug-likeness (QED) is 0.803. The summed E-state index contributed by atoms with van der Waals surface area (Å²) in [5.41, 5.74) is 1.06. The molecule has 0 aliphatic rings. The molecule has 0 aliphatic heterocycles. The van der Waals surface area contributed by atoms with E-state index < -0.39 is 6.09 Å². The van der Waals surface area contributed by atoms with Crippen LogP contribution in [0.3, 0.4) is 0 Å². The molecule has 0 aromatic heterocycles. The van der Waals surface area contributed by atoms with Gasteiger partial charge in [-0.3, -0.25) is 0 Å². The number of ether oxygens (including phenoxy) is 1. The number of carbonyl (C=O) groups excluding carboxylic acids is 1. The molecule has 0 bridgehead atoms. The van der Waals surface area contributed by atoms with E-state index in [1.807, 2.05) is 37.3 Å². The first kappa shape index (κ1) is 11.9. The van der Waals surface area contributed by atoms with E-state index in [1.165, 1.54) is 0 Å². The van der Waals surface area contributed by atoms with Crippen LogP contribution in [-0.4, -0.2) is 12.2 Å². The number of amides is 1. The molecule has 1 aromatic carbocycles. The average molecular weight is 228 g/mol. The molecule has 1 aromatic rings. The van der Waals surface area contributed by atoms with E-state index in [0.29, 0.717) is 0 Å². The molecule has 0 saturated heterocycles. The Morgan fingerprint density at radius 3 is 2.67 bits per heavy atom. The number of carbonyl (C=O) groups is 1. The normalized spacial score (nSPS) is 11.9. The Hall–Kier alpha value is -1.22. The van der Waals surface area contributed by atoms with Gasteiger partial charge >= 0.3 is 6.09 Å². The highest BCUT2D eigenvalue weighted by atomic mass is 35.5. The van der Waals surface area contributed by atoms with Gasteiger partial charge in [0.1, 0.15) is 0 Å². The van der Waals surface area contributed by atoms with Crippen LogP contribution < -0.4 is 5.32 Å². The molecule has 1 rings (SSSR count). The van der Waals surface area contributed by atoms with Gasteiger partial charge in [-0.05, 0) is 12.0 Å². The Morgan fingerprint density at radius 2 is 2.13 bits per heavy atom. The van der Waals surface area contributed by atoms with Gasteiger partial charge in [0.15, 0.2) is 6.07 Å². The number of hydrogen-bond acceptors (Lipinski definition) is 2. The summed E-state index contributed by atoms with van der Waals surface area (Å²) in [6.07, 6.45) is 0.321. The molecule has 3 nitrogen and oxygen atoms in total. The van der Waals surface area contributed by atoms with E-state index in [4.69, 9.17) is 11.6 Å². The first-order valence-corrected chi connectivity index (χ1v) is 5.35. The summed E-state index contributed by atoms with van der Waals surface area (Å²) in [6.45, 7) is 2.00. The van der Waals surface area contributed by atoms with Gasteiger partial charge in [0.05, 0.1) is 6.04 Å². The average Bonchev–Trinajstić information content (AvgIpc) is 2.27. The molecule has 0 saturated carbocycles. The fourth-order valence-corrected chi connectivity index (χ4v) is 1.44. The van der Waals surface area contributed by atoms with Crippen molar-refractivity contribution in [2.24, 2.45) is 0 Å². The van der Waals surface area contributed by atoms with Crippen molar-refractivity contribution in [1.82, 2.24) is 5.32 Å². The van der Waals surface area contributed by atoms with Crippen molar-refractivity contribution in [1.29, 1.82) is 0 Å². The van der Waals surface area contributed by atoms with Crippen molar-refractivity contribution < 1.29 is 9.53 Å². The molecule has 1 amide bonds. The van der Waals surface area contributed by atoms with Crippen LogP contribution in [0, 0.1) is 0 Å². The lowest BCUT2D eigenvalue weighted by Gasteiger charge is -2.16. The number of rotatable bonds is 4. The topological polar surface area (TPSA) is 38.3 Å². The summed E-state index contributed by atoms with van der Waals surface area (Å²) in [6, 6.07) is 9.59. The van der Waals surface area contributed by atoms with Crippen LogP contribution in [0.25, 0.3) is 0 Å². The lowest BCUT2D eigenvalue weighted by atomic mass is 10.1. The number of halogens is 1. The zero-order valence-electron chi connectivity index (χ0n) is 8.57. The van der Waals surface area contributed by atoms with Gasteiger partial charge in [-0.1, -0.05) is 48.9 Å². The Kier molecular flexibility index (Phi) is 4.98. The molecule has 0 aliphatic carbocycles. The van der Waals surface area contributed by atoms with E-state index in [0.717, 1.165) is 12.0 Å². The lowest BCUT2D eigenvalue weighted by molar-refractivity contribution is 0.160. The second-order valence-corrected chi connectivity index (χ2v) is 3.27. The number of alkyl carbamates (subject to hydrolysis) is 1. The van der Waals surface area contributed by atoms with E-state index in [2.05, 4.69) is 10.1 Å². The van der Waals surface area contributed by atoms with Crippen LogP contribution in [0.5, 0.6) is 0 Å². The third-order valence-corrected chi connectivity index (χ3v) is 2.20. The number of benzene rings is 1. The minimum absolute atomic E-state index is 0.0260. The number of nitrogens with one attached hydrogen (secondary N) is 1. The summed E-state index contributed by atoms with van der Waals surface area (Å²) in [5, 5.41) is 2.74. The van der Waals surface area contributed by atoms with Crippen LogP contribution in [0.2, 0.25) is 0 Å². The summed E-state index contributed by atoms with van der Waals surface area (Å²) in [5.74, 6) is 0. The Morgan fingerprint density at radius 1 is 1.47 bits per heavy atom. The minimum Gasteiger partial charge on any atom is -0.433 e. The van der Waals surface area contributed by atoms with Crippen molar-refractivity contribution in [3.63, 3.8) is 0 Å². The largest absolute Gasteiger partial charge is 0.433 e. The molecule has 1 atom stereocenters. The van der Waals surface area contributed by atoms with Crippen LogP contribution in [0.1, 0.15) is 24.9 Å². The van der Waals surface area contributed by atoms with Gasteiger partial charge in [0.25, 0.3) is 0 Å². The summed E-state index contributed by atoms with van der Waals surface area (Å²) >= 11 is 5.29. The third-order valence-electron chi connectivity index (χ3n) is 2.09. The highest BCUT2D eigenvalue weighted by Crippen LogP contribution is 2.15. The van der Waals surface area contributed by atoms with Crippen LogP contribution in [0.4, 0.5) is 4.79 Å². The number of alkyl halides is 1. The van der Waals surface area contributed by atoms with Crippen LogP contribution in [-0.2, 0) is 4.74 Å². The molecule has 0 heterocycles. The maximum absolute atomic E-state index is 11.2. The zero-order chi connectivity index (χ0) is 11.1. The highest BCUT2D eigenvalue weighted by Gasteiger charge is 2.12. The van der Waals surface area contributed by atoms with Gasteiger partial charge in [0.2, 0.25) is 0 Å². The molecule has 0 radical (unpaired) electrons. The fourth-order valence-electron chi connectivity index (χ4n) is 1.34. The zero-order valence-corrected chi connectivity index (χ0v) is 9.33. The predicted octanol–water partition coefficient (Wildman–Crippen LogP) is 3.06. The lowest BCUT2D eigenvalue weighted by Crippen LogP contribution is -2.28. The first-order valence-electron chi connectivity index (χ1n) is 4.82. The molecular weight excluding hydrogens is 214 g/mol. The van der Waals surface area contributed by atoms with Gasteiger partial charge in [0, 0.05) is 0 Å². The molecule has 1 N–H and O–H groups in total. The predicted molar refractivity (Wildman–Crippen MR) is 59.8 cm³/mol. The third kappa shape index (κ3) is 3.80. The van der Waals surface area contributed by atoms with Crippen molar-refractivity contribution >= 4 is 17.7 Å². The van der Waals surface area contributed by atoms with Gasteiger partial charge < -0.3 is 10.1 Å². The Labute approximate surface area is 94.4 Å². The van der Waals surface area contributed by atoms with Crippen LogP contribution in [0.15, 0.2) is 30.3 Å². The minimum atomic E-state index is -0.485. The smallest absolute Gasteiger partial charge is 0.408 e. The Balaban J connectivity index is 2.61. The molecule has 0 fully saturated rings. The Bertz CT molecular complexity index is 303.